The van der Waals surface area contributed by atoms with Gasteiger partial charge in [-0.25, -0.2) is 4.68 Å². The second-order valence-corrected chi connectivity index (χ2v) is 8.71. The molecule has 0 bridgehead atoms. The molecule has 0 saturated heterocycles. The zero-order valence-electron chi connectivity index (χ0n) is 16.1. The summed E-state index contributed by atoms with van der Waals surface area (Å²) in [6, 6.07) is 7.65. The quantitative estimate of drug-likeness (QED) is 0.477. The minimum Gasteiger partial charge on any atom is -0.355 e. The molecule has 1 aromatic heterocycles. The van der Waals surface area contributed by atoms with E-state index in [1.165, 1.54) is 48.5 Å². The summed E-state index contributed by atoms with van der Waals surface area (Å²) in [4.78, 5) is 12.1. The molecule has 0 unspecified atom stereocenters. The van der Waals surface area contributed by atoms with Crippen LogP contribution in [-0.4, -0.2) is 33.1 Å². The Kier molecular flexibility index (Phi) is 8.03. The SMILES string of the molecule is Nn1c(CCC2CCCCC2)nnc1SCC(=O)NCCc1ccc(Cl)cc1. The predicted octanol–water partition coefficient (Wildman–Crippen LogP) is 3.61. The molecule has 1 saturated carbocycles. The predicted molar refractivity (Wildman–Crippen MR) is 114 cm³/mol. The fraction of sp³-hybridized carbons (Fsp3) is 0.550. The molecule has 1 amide bonds. The molecule has 0 radical (unpaired) electrons. The van der Waals surface area contributed by atoms with Gasteiger partial charge in [0.25, 0.3) is 0 Å². The van der Waals surface area contributed by atoms with Gasteiger partial charge in [-0.05, 0) is 36.5 Å². The van der Waals surface area contributed by atoms with E-state index in [9.17, 15) is 4.79 Å². The van der Waals surface area contributed by atoms with Gasteiger partial charge in [-0.15, -0.1) is 10.2 Å². The Bertz CT molecular complexity index is 758. The number of amides is 1. The van der Waals surface area contributed by atoms with Crippen LogP contribution in [-0.2, 0) is 17.6 Å². The van der Waals surface area contributed by atoms with E-state index < -0.39 is 0 Å². The monoisotopic (exact) mass is 421 g/mol. The van der Waals surface area contributed by atoms with Crippen LogP contribution in [0.1, 0.15) is 49.9 Å². The minimum atomic E-state index is -0.0364. The Morgan fingerprint density at radius 1 is 1.18 bits per heavy atom. The maximum atomic E-state index is 12.1. The lowest BCUT2D eigenvalue weighted by atomic mass is 9.86. The van der Waals surface area contributed by atoms with E-state index >= 15 is 0 Å². The van der Waals surface area contributed by atoms with E-state index in [1.54, 1.807) is 0 Å². The molecule has 1 aliphatic rings. The molecular formula is C20H28ClN5OS. The molecule has 152 valence electrons. The van der Waals surface area contributed by atoms with E-state index in [1.807, 2.05) is 24.3 Å². The number of carbonyl (C=O) groups excluding carboxylic acids is 1. The highest BCUT2D eigenvalue weighted by atomic mass is 35.5. The lowest BCUT2D eigenvalue weighted by Gasteiger charge is -2.20. The Hall–Kier alpha value is -1.73. The third kappa shape index (κ3) is 6.41. The molecule has 1 aromatic carbocycles. The van der Waals surface area contributed by atoms with Crippen LogP contribution in [0.2, 0.25) is 5.02 Å². The number of aromatic nitrogens is 3. The molecule has 3 rings (SSSR count). The molecule has 28 heavy (non-hydrogen) atoms. The van der Waals surface area contributed by atoms with Gasteiger partial charge in [0.1, 0.15) is 0 Å². The second kappa shape index (κ2) is 10.7. The van der Waals surface area contributed by atoms with Gasteiger partial charge in [0, 0.05) is 18.0 Å². The van der Waals surface area contributed by atoms with Crippen molar-refractivity contribution < 1.29 is 4.79 Å². The number of halogens is 1. The van der Waals surface area contributed by atoms with Crippen LogP contribution in [0.4, 0.5) is 0 Å². The fourth-order valence-electron chi connectivity index (χ4n) is 3.56. The van der Waals surface area contributed by atoms with E-state index in [0.717, 1.165) is 36.6 Å². The maximum absolute atomic E-state index is 12.1. The first-order valence-corrected chi connectivity index (χ1v) is 11.3. The summed E-state index contributed by atoms with van der Waals surface area (Å²) in [5.74, 6) is 7.95. The van der Waals surface area contributed by atoms with Crippen molar-refractivity contribution in [3.63, 3.8) is 0 Å². The van der Waals surface area contributed by atoms with Gasteiger partial charge < -0.3 is 11.2 Å². The number of thioether (sulfide) groups is 1. The summed E-state index contributed by atoms with van der Waals surface area (Å²) in [6.45, 7) is 0.586. The number of aryl methyl sites for hydroxylation is 1. The largest absolute Gasteiger partial charge is 0.355 e. The van der Waals surface area contributed by atoms with Gasteiger partial charge in [-0.1, -0.05) is 67.6 Å². The zero-order valence-corrected chi connectivity index (χ0v) is 17.6. The van der Waals surface area contributed by atoms with Gasteiger partial charge in [0.05, 0.1) is 5.75 Å². The molecule has 2 aromatic rings. The van der Waals surface area contributed by atoms with Crippen LogP contribution in [0.15, 0.2) is 29.4 Å². The first-order valence-electron chi connectivity index (χ1n) is 9.95. The average molecular weight is 422 g/mol. The van der Waals surface area contributed by atoms with Crippen molar-refractivity contribution in [1.29, 1.82) is 0 Å². The van der Waals surface area contributed by atoms with Crippen molar-refractivity contribution in [3.05, 3.63) is 40.7 Å². The number of benzene rings is 1. The highest BCUT2D eigenvalue weighted by Crippen LogP contribution is 2.27. The molecule has 1 aliphatic carbocycles. The molecule has 0 spiro atoms. The maximum Gasteiger partial charge on any atom is 0.230 e. The summed E-state index contributed by atoms with van der Waals surface area (Å²) < 4.78 is 1.54. The van der Waals surface area contributed by atoms with Gasteiger partial charge in [-0.2, -0.15) is 0 Å². The van der Waals surface area contributed by atoms with Crippen molar-refractivity contribution in [1.82, 2.24) is 20.2 Å². The number of rotatable bonds is 9. The third-order valence-electron chi connectivity index (χ3n) is 5.22. The topological polar surface area (TPSA) is 85.8 Å². The summed E-state index contributed by atoms with van der Waals surface area (Å²) >= 11 is 7.19. The molecule has 1 fully saturated rings. The Labute approximate surface area is 175 Å². The van der Waals surface area contributed by atoms with Crippen LogP contribution in [0, 0.1) is 5.92 Å². The van der Waals surface area contributed by atoms with Crippen molar-refractivity contribution in [2.24, 2.45) is 5.92 Å². The number of nitrogen functional groups attached to an aromatic ring is 1. The fourth-order valence-corrected chi connectivity index (χ4v) is 4.39. The number of nitrogens with zero attached hydrogens (tertiary/aromatic N) is 3. The van der Waals surface area contributed by atoms with E-state index in [2.05, 4.69) is 15.5 Å². The highest BCUT2D eigenvalue weighted by Gasteiger charge is 2.16. The summed E-state index contributed by atoms with van der Waals surface area (Å²) in [5, 5.41) is 12.6. The van der Waals surface area contributed by atoms with E-state index in [-0.39, 0.29) is 11.7 Å². The van der Waals surface area contributed by atoms with Crippen molar-refractivity contribution in [2.45, 2.75) is 56.5 Å². The number of nitrogens with two attached hydrogens (primary N) is 1. The van der Waals surface area contributed by atoms with E-state index in [0.29, 0.717) is 16.7 Å². The number of hydrogen-bond donors (Lipinski definition) is 2. The molecular weight excluding hydrogens is 394 g/mol. The zero-order chi connectivity index (χ0) is 19.8. The number of carbonyl (C=O) groups is 1. The van der Waals surface area contributed by atoms with Crippen LogP contribution in [0.5, 0.6) is 0 Å². The molecule has 0 atom stereocenters. The minimum absolute atomic E-state index is 0.0364. The van der Waals surface area contributed by atoms with Gasteiger partial charge in [-0.3, -0.25) is 4.79 Å². The Morgan fingerprint density at radius 2 is 1.93 bits per heavy atom. The normalized spacial score (nSPS) is 14.9. The Balaban J connectivity index is 1.37. The standard InChI is InChI=1S/C20H28ClN5OS/c21-17-9-6-16(7-10-17)12-13-23-19(27)14-28-20-25-24-18(26(20)22)11-8-15-4-2-1-3-5-15/h6-7,9-10,15H,1-5,8,11-14,22H2,(H,23,27). The van der Waals surface area contributed by atoms with E-state index in [4.69, 9.17) is 17.4 Å². The molecule has 3 N–H and O–H groups in total. The van der Waals surface area contributed by atoms with Gasteiger partial charge in [0.2, 0.25) is 11.1 Å². The summed E-state index contributed by atoms with van der Waals surface area (Å²) in [7, 11) is 0. The Morgan fingerprint density at radius 3 is 2.68 bits per heavy atom. The second-order valence-electron chi connectivity index (χ2n) is 7.33. The number of hydrogen-bond acceptors (Lipinski definition) is 5. The first-order chi connectivity index (χ1) is 13.6. The van der Waals surface area contributed by atoms with Gasteiger partial charge in [0.15, 0.2) is 5.82 Å². The summed E-state index contributed by atoms with van der Waals surface area (Å²) in [5.41, 5.74) is 1.14. The highest BCUT2D eigenvalue weighted by molar-refractivity contribution is 7.99. The van der Waals surface area contributed by atoms with Crippen LogP contribution >= 0.6 is 23.4 Å². The van der Waals surface area contributed by atoms with Crippen molar-refractivity contribution in [3.8, 4) is 0 Å². The average Bonchev–Trinajstić information content (AvgIpc) is 3.07. The molecule has 1 heterocycles. The van der Waals surface area contributed by atoms with Crippen molar-refractivity contribution in [2.75, 3.05) is 18.1 Å². The third-order valence-corrected chi connectivity index (χ3v) is 6.41. The first kappa shape index (κ1) is 21.0. The summed E-state index contributed by atoms with van der Waals surface area (Å²) in [6.07, 6.45) is 9.42. The lowest BCUT2D eigenvalue weighted by molar-refractivity contribution is -0.118. The van der Waals surface area contributed by atoms with Crippen molar-refractivity contribution >= 4 is 29.3 Å². The molecule has 6 nitrogen and oxygen atoms in total. The lowest BCUT2D eigenvalue weighted by Crippen LogP contribution is -2.27. The van der Waals surface area contributed by atoms with Crippen LogP contribution < -0.4 is 11.2 Å². The molecule has 8 heteroatoms. The number of nitrogens with one attached hydrogen (secondary N) is 1. The van der Waals surface area contributed by atoms with Crippen LogP contribution in [0.3, 0.4) is 0 Å². The van der Waals surface area contributed by atoms with Gasteiger partial charge >= 0.3 is 0 Å². The van der Waals surface area contributed by atoms with Crippen LogP contribution in [0.25, 0.3) is 0 Å². The smallest absolute Gasteiger partial charge is 0.230 e. The molecule has 0 aliphatic heterocycles.